The van der Waals surface area contributed by atoms with E-state index in [-0.39, 0.29) is 11.3 Å². The molecule has 0 aliphatic heterocycles. The van der Waals surface area contributed by atoms with Crippen molar-refractivity contribution >= 4 is 5.69 Å². The standard InChI is InChI=1S/C14H13FN2O3/c1-20-13-7-6-9(17(18)19)8-11(13)14(16)10-4-2-3-5-12(10)15/h2-8,14H,16H2,1H3. The molecular formula is C14H13FN2O3. The number of nitro groups is 1. The van der Waals surface area contributed by atoms with Crippen LogP contribution < -0.4 is 10.5 Å². The number of benzene rings is 2. The summed E-state index contributed by atoms with van der Waals surface area (Å²) >= 11 is 0. The number of hydrogen-bond donors (Lipinski definition) is 1. The molecule has 0 saturated heterocycles. The van der Waals surface area contributed by atoms with Gasteiger partial charge in [-0.25, -0.2) is 4.39 Å². The highest BCUT2D eigenvalue weighted by Crippen LogP contribution is 2.32. The molecule has 0 heterocycles. The maximum atomic E-state index is 13.8. The topological polar surface area (TPSA) is 78.4 Å². The summed E-state index contributed by atoms with van der Waals surface area (Å²) in [7, 11) is 1.43. The van der Waals surface area contributed by atoms with E-state index in [1.165, 1.54) is 37.4 Å². The minimum atomic E-state index is -0.842. The van der Waals surface area contributed by atoms with Gasteiger partial charge in [-0.05, 0) is 12.1 Å². The second-order valence-corrected chi connectivity index (χ2v) is 4.18. The Hall–Kier alpha value is -2.47. The fraction of sp³-hybridized carbons (Fsp3) is 0.143. The summed E-state index contributed by atoms with van der Waals surface area (Å²) in [5, 5.41) is 10.8. The van der Waals surface area contributed by atoms with Crippen LogP contribution in [0.2, 0.25) is 0 Å². The molecule has 0 aliphatic carbocycles. The van der Waals surface area contributed by atoms with Crippen LogP contribution in [0.1, 0.15) is 17.2 Å². The molecular weight excluding hydrogens is 263 g/mol. The van der Waals surface area contributed by atoms with Crippen LogP contribution in [0, 0.1) is 15.9 Å². The van der Waals surface area contributed by atoms with Crippen LogP contribution in [0.15, 0.2) is 42.5 Å². The van der Waals surface area contributed by atoms with Gasteiger partial charge in [-0.15, -0.1) is 0 Å². The molecule has 0 fully saturated rings. The van der Waals surface area contributed by atoms with E-state index >= 15 is 0 Å². The van der Waals surface area contributed by atoms with Crippen LogP contribution >= 0.6 is 0 Å². The molecule has 1 atom stereocenters. The van der Waals surface area contributed by atoms with Gasteiger partial charge in [0, 0.05) is 23.3 Å². The third-order valence-corrected chi connectivity index (χ3v) is 3.00. The number of nitro benzene ring substituents is 1. The van der Waals surface area contributed by atoms with Crippen molar-refractivity contribution in [1.29, 1.82) is 0 Å². The predicted octanol–water partition coefficient (Wildman–Crippen LogP) is 2.79. The number of hydrogen-bond acceptors (Lipinski definition) is 4. The van der Waals surface area contributed by atoms with Crippen LogP contribution in [-0.2, 0) is 0 Å². The van der Waals surface area contributed by atoms with Crippen molar-refractivity contribution in [3.05, 3.63) is 69.5 Å². The van der Waals surface area contributed by atoms with Gasteiger partial charge in [0.1, 0.15) is 11.6 Å². The third kappa shape index (κ3) is 2.60. The highest BCUT2D eigenvalue weighted by Gasteiger charge is 2.20. The molecule has 0 saturated carbocycles. The van der Waals surface area contributed by atoms with Crippen LogP contribution in [0.3, 0.4) is 0 Å². The summed E-state index contributed by atoms with van der Waals surface area (Å²) in [5.74, 6) is -0.0834. The van der Waals surface area contributed by atoms with Gasteiger partial charge in [0.05, 0.1) is 18.1 Å². The number of ether oxygens (including phenoxy) is 1. The minimum Gasteiger partial charge on any atom is -0.496 e. The molecule has 5 nitrogen and oxygen atoms in total. The summed E-state index contributed by atoms with van der Waals surface area (Å²) in [6, 6.07) is 9.27. The minimum absolute atomic E-state index is 0.118. The molecule has 0 aliphatic rings. The Labute approximate surface area is 114 Å². The van der Waals surface area contributed by atoms with Crippen molar-refractivity contribution in [3.63, 3.8) is 0 Å². The van der Waals surface area contributed by atoms with Crippen molar-refractivity contribution < 1.29 is 14.1 Å². The van der Waals surface area contributed by atoms with Crippen molar-refractivity contribution in [1.82, 2.24) is 0 Å². The molecule has 0 radical (unpaired) electrons. The van der Waals surface area contributed by atoms with Gasteiger partial charge in [0.15, 0.2) is 0 Å². The molecule has 2 aromatic carbocycles. The Kier molecular flexibility index (Phi) is 3.95. The SMILES string of the molecule is COc1ccc([N+](=O)[O-])cc1C(N)c1ccccc1F. The van der Waals surface area contributed by atoms with Crippen LogP contribution in [0.25, 0.3) is 0 Å². The maximum absolute atomic E-state index is 13.8. The van der Waals surface area contributed by atoms with Crippen LogP contribution in [0.4, 0.5) is 10.1 Å². The second kappa shape index (κ2) is 5.66. The molecule has 0 aromatic heterocycles. The van der Waals surface area contributed by atoms with Gasteiger partial charge in [0.2, 0.25) is 0 Å². The number of nitrogens with two attached hydrogens (primary N) is 1. The molecule has 1 unspecified atom stereocenters. The Bertz CT molecular complexity index is 646. The lowest BCUT2D eigenvalue weighted by atomic mass is 9.98. The summed E-state index contributed by atoms with van der Waals surface area (Å²) < 4.78 is 18.9. The van der Waals surface area contributed by atoms with E-state index in [0.717, 1.165) is 0 Å². The van der Waals surface area contributed by atoms with Crippen molar-refractivity contribution in [2.45, 2.75) is 6.04 Å². The van der Waals surface area contributed by atoms with Crippen LogP contribution in [0.5, 0.6) is 5.75 Å². The van der Waals surface area contributed by atoms with Crippen molar-refractivity contribution in [2.75, 3.05) is 7.11 Å². The van der Waals surface area contributed by atoms with E-state index in [4.69, 9.17) is 10.5 Å². The van der Waals surface area contributed by atoms with Gasteiger partial charge in [-0.1, -0.05) is 18.2 Å². The van der Waals surface area contributed by atoms with Crippen molar-refractivity contribution in [3.8, 4) is 5.75 Å². The smallest absolute Gasteiger partial charge is 0.270 e. The molecule has 2 N–H and O–H groups in total. The molecule has 0 amide bonds. The quantitative estimate of drug-likeness (QED) is 0.688. The first-order valence-corrected chi connectivity index (χ1v) is 5.87. The molecule has 20 heavy (non-hydrogen) atoms. The Balaban J connectivity index is 2.52. The van der Waals surface area contributed by atoms with Gasteiger partial charge >= 0.3 is 0 Å². The molecule has 0 spiro atoms. The average Bonchev–Trinajstić information content (AvgIpc) is 2.46. The molecule has 104 valence electrons. The highest BCUT2D eigenvalue weighted by atomic mass is 19.1. The number of nitrogens with zero attached hydrogens (tertiary/aromatic N) is 1. The Morgan fingerprint density at radius 1 is 1.25 bits per heavy atom. The van der Waals surface area contributed by atoms with Gasteiger partial charge in [-0.2, -0.15) is 0 Å². The van der Waals surface area contributed by atoms with E-state index < -0.39 is 16.8 Å². The van der Waals surface area contributed by atoms with E-state index in [0.29, 0.717) is 11.3 Å². The highest BCUT2D eigenvalue weighted by molar-refractivity contribution is 5.48. The predicted molar refractivity (Wildman–Crippen MR) is 72.1 cm³/mol. The summed E-state index contributed by atoms with van der Waals surface area (Å²) in [6.45, 7) is 0. The van der Waals surface area contributed by atoms with Gasteiger partial charge in [0.25, 0.3) is 5.69 Å². The number of methoxy groups -OCH3 is 1. The third-order valence-electron chi connectivity index (χ3n) is 3.00. The first-order chi connectivity index (χ1) is 9.54. The Morgan fingerprint density at radius 3 is 2.55 bits per heavy atom. The fourth-order valence-electron chi connectivity index (χ4n) is 1.97. The van der Waals surface area contributed by atoms with E-state index in [1.807, 2.05) is 0 Å². The maximum Gasteiger partial charge on any atom is 0.270 e. The average molecular weight is 276 g/mol. The zero-order valence-electron chi connectivity index (χ0n) is 10.7. The van der Waals surface area contributed by atoms with Gasteiger partial charge < -0.3 is 10.5 Å². The number of halogens is 1. The molecule has 6 heteroatoms. The normalized spacial score (nSPS) is 11.9. The molecule has 0 bridgehead atoms. The summed E-state index contributed by atoms with van der Waals surface area (Å²) in [6.07, 6.45) is 0. The lowest BCUT2D eigenvalue weighted by Crippen LogP contribution is -2.15. The van der Waals surface area contributed by atoms with E-state index in [1.54, 1.807) is 12.1 Å². The first-order valence-electron chi connectivity index (χ1n) is 5.87. The second-order valence-electron chi connectivity index (χ2n) is 4.18. The summed E-state index contributed by atoms with van der Waals surface area (Å²) in [5.41, 5.74) is 6.53. The summed E-state index contributed by atoms with van der Waals surface area (Å²) in [4.78, 5) is 10.3. The zero-order chi connectivity index (χ0) is 14.7. The first kappa shape index (κ1) is 14.0. The van der Waals surface area contributed by atoms with Crippen molar-refractivity contribution in [2.24, 2.45) is 5.73 Å². The fourth-order valence-corrected chi connectivity index (χ4v) is 1.97. The van der Waals surface area contributed by atoms with Gasteiger partial charge in [-0.3, -0.25) is 10.1 Å². The van der Waals surface area contributed by atoms with Crippen LogP contribution in [-0.4, -0.2) is 12.0 Å². The lowest BCUT2D eigenvalue weighted by Gasteiger charge is -2.16. The largest absolute Gasteiger partial charge is 0.496 e. The van der Waals surface area contributed by atoms with E-state index in [9.17, 15) is 14.5 Å². The van der Waals surface area contributed by atoms with E-state index in [2.05, 4.69) is 0 Å². The lowest BCUT2D eigenvalue weighted by molar-refractivity contribution is -0.384. The molecule has 2 rings (SSSR count). The number of rotatable bonds is 4. The number of non-ortho nitro benzene ring substituents is 1. The molecule has 2 aromatic rings. The zero-order valence-corrected chi connectivity index (χ0v) is 10.7. The Morgan fingerprint density at radius 2 is 1.95 bits per heavy atom. The monoisotopic (exact) mass is 276 g/mol.